The summed E-state index contributed by atoms with van der Waals surface area (Å²) < 4.78 is 5.37. The van der Waals surface area contributed by atoms with Crippen LogP contribution in [0.4, 0.5) is 0 Å². The number of aliphatic carboxylic acids is 1. The highest BCUT2D eigenvalue weighted by atomic mass is 16.4. The van der Waals surface area contributed by atoms with Crippen molar-refractivity contribution < 1.29 is 19.1 Å². The van der Waals surface area contributed by atoms with E-state index in [1.165, 1.54) is 6.26 Å². The first-order valence-corrected chi connectivity index (χ1v) is 7.64. The van der Waals surface area contributed by atoms with Gasteiger partial charge in [0, 0.05) is 5.39 Å². The van der Waals surface area contributed by atoms with Gasteiger partial charge in [-0.1, -0.05) is 43.9 Å². The van der Waals surface area contributed by atoms with Crippen molar-refractivity contribution in [1.82, 2.24) is 5.32 Å². The standard InChI is InChI=1S/C17H19NO4/c19-15(13-11-22-14-8-4-3-7-12(13)14)18-17(16(20)21)9-5-1-2-6-10-17/h3-4,7-8,11H,1-2,5-6,9-10H2,(H,18,19)(H,20,21). The number of nitrogens with one attached hydrogen (secondary N) is 1. The molecule has 1 aromatic heterocycles. The molecule has 1 aromatic carbocycles. The Morgan fingerprint density at radius 3 is 2.45 bits per heavy atom. The fourth-order valence-electron chi connectivity index (χ4n) is 3.16. The lowest BCUT2D eigenvalue weighted by Crippen LogP contribution is -2.54. The zero-order valence-corrected chi connectivity index (χ0v) is 12.3. The normalized spacial score (nSPS) is 17.8. The maximum Gasteiger partial charge on any atom is 0.329 e. The molecule has 3 rings (SSSR count). The summed E-state index contributed by atoms with van der Waals surface area (Å²) in [6, 6.07) is 7.24. The van der Waals surface area contributed by atoms with Gasteiger partial charge in [-0.05, 0) is 18.9 Å². The molecule has 5 heteroatoms. The summed E-state index contributed by atoms with van der Waals surface area (Å²) in [4.78, 5) is 24.3. The summed E-state index contributed by atoms with van der Waals surface area (Å²) in [6.07, 6.45) is 6.01. The Kier molecular flexibility index (Phi) is 3.88. The van der Waals surface area contributed by atoms with Gasteiger partial charge < -0.3 is 14.8 Å². The van der Waals surface area contributed by atoms with Crippen LogP contribution in [0.15, 0.2) is 34.9 Å². The maximum atomic E-state index is 12.6. The van der Waals surface area contributed by atoms with Crippen LogP contribution in [0.5, 0.6) is 0 Å². The molecule has 2 N–H and O–H groups in total. The number of carbonyl (C=O) groups is 2. The van der Waals surface area contributed by atoms with Crippen LogP contribution in [0.2, 0.25) is 0 Å². The molecule has 0 aliphatic heterocycles. The smallest absolute Gasteiger partial charge is 0.329 e. The fraction of sp³-hybridized carbons (Fsp3) is 0.412. The molecule has 5 nitrogen and oxygen atoms in total. The third-order valence-electron chi connectivity index (χ3n) is 4.44. The van der Waals surface area contributed by atoms with E-state index in [0.717, 1.165) is 25.7 Å². The van der Waals surface area contributed by atoms with Gasteiger partial charge in [0.2, 0.25) is 0 Å². The van der Waals surface area contributed by atoms with Crippen molar-refractivity contribution in [2.45, 2.75) is 44.1 Å². The first-order valence-electron chi connectivity index (χ1n) is 7.64. The Labute approximate surface area is 128 Å². The van der Waals surface area contributed by atoms with E-state index in [9.17, 15) is 14.7 Å². The topological polar surface area (TPSA) is 79.5 Å². The SMILES string of the molecule is O=C(NC1(C(=O)O)CCCCCC1)c1coc2ccccc12. The van der Waals surface area contributed by atoms with Gasteiger partial charge in [-0.2, -0.15) is 0 Å². The van der Waals surface area contributed by atoms with Gasteiger partial charge in [0.05, 0.1) is 5.56 Å². The molecule has 0 atom stereocenters. The first kappa shape index (κ1) is 14.6. The molecule has 0 unspecified atom stereocenters. The summed E-state index contributed by atoms with van der Waals surface area (Å²) in [5, 5.41) is 13.1. The molecule has 1 saturated carbocycles. The second kappa shape index (κ2) is 5.83. The third-order valence-corrected chi connectivity index (χ3v) is 4.44. The van der Waals surface area contributed by atoms with Crippen LogP contribution in [0.1, 0.15) is 48.9 Å². The van der Waals surface area contributed by atoms with Crippen LogP contribution in [0, 0.1) is 0 Å². The van der Waals surface area contributed by atoms with Crippen LogP contribution in [-0.4, -0.2) is 22.5 Å². The number of carbonyl (C=O) groups excluding carboxylic acids is 1. The monoisotopic (exact) mass is 301 g/mol. The molecule has 116 valence electrons. The van der Waals surface area contributed by atoms with Gasteiger partial charge in [0.25, 0.3) is 5.91 Å². The van der Waals surface area contributed by atoms with Gasteiger partial charge in [-0.25, -0.2) is 4.79 Å². The van der Waals surface area contributed by atoms with Gasteiger partial charge >= 0.3 is 5.97 Å². The Morgan fingerprint density at radius 1 is 1.09 bits per heavy atom. The van der Waals surface area contributed by atoms with Crippen molar-refractivity contribution in [1.29, 1.82) is 0 Å². The number of benzene rings is 1. The largest absolute Gasteiger partial charge is 0.480 e. The Bertz CT molecular complexity index is 696. The molecule has 0 radical (unpaired) electrons. The summed E-state index contributed by atoms with van der Waals surface area (Å²) in [5.74, 6) is -1.33. The van der Waals surface area contributed by atoms with E-state index >= 15 is 0 Å². The highest BCUT2D eigenvalue weighted by molar-refractivity contribution is 6.07. The zero-order valence-electron chi connectivity index (χ0n) is 12.3. The van der Waals surface area contributed by atoms with E-state index in [-0.39, 0.29) is 5.91 Å². The number of para-hydroxylation sites is 1. The molecule has 0 bridgehead atoms. The number of fused-ring (bicyclic) bond motifs is 1. The minimum absolute atomic E-state index is 0.380. The number of carboxylic acid groups (broad SMARTS) is 1. The predicted molar refractivity (Wildman–Crippen MR) is 81.7 cm³/mol. The molecular formula is C17H19NO4. The van der Waals surface area contributed by atoms with Crippen LogP contribution in [0.25, 0.3) is 11.0 Å². The quantitative estimate of drug-likeness (QED) is 0.852. The number of furan rings is 1. The second-order valence-electron chi connectivity index (χ2n) is 5.90. The molecule has 0 spiro atoms. The molecule has 1 amide bonds. The van der Waals surface area contributed by atoms with Crippen molar-refractivity contribution in [2.75, 3.05) is 0 Å². The summed E-state index contributed by atoms with van der Waals surface area (Å²) in [7, 11) is 0. The fourth-order valence-corrected chi connectivity index (χ4v) is 3.16. The second-order valence-corrected chi connectivity index (χ2v) is 5.90. The first-order chi connectivity index (χ1) is 10.6. The number of carboxylic acids is 1. The van der Waals surface area contributed by atoms with E-state index in [0.29, 0.717) is 29.4 Å². The molecule has 0 saturated heterocycles. The number of hydrogen-bond donors (Lipinski definition) is 2. The lowest BCUT2D eigenvalue weighted by Gasteiger charge is -2.29. The summed E-state index contributed by atoms with van der Waals surface area (Å²) in [5.41, 5.74) is -0.148. The molecular weight excluding hydrogens is 282 g/mol. The highest BCUT2D eigenvalue weighted by Gasteiger charge is 2.40. The highest BCUT2D eigenvalue weighted by Crippen LogP contribution is 2.29. The lowest BCUT2D eigenvalue weighted by atomic mass is 9.90. The van der Waals surface area contributed by atoms with Gasteiger partial charge in [0.15, 0.2) is 0 Å². The van der Waals surface area contributed by atoms with Crippen LogP contribution in [-0.2, 0) is 4.79 Å². The molecule has 1 aliphatic carbocycles. The molecule has 2 aromatic rings. The van der Waals surface area contributed by atoms with Crippen molar-refractivity contribution in [3.8, 4) is 0 Å². The molecule has 1 fully saturated rings. The van der Waals surface area contributed by atoms with Crippen LogP contribution in [0.3, 0.4) is 0 Å². The summed E-state index contributed by atoms with van der Waals surface area (Å²) in [6.45, 7) is 0. The Balaban J connectivity index is 1.89. The minimum atomic E-state index is -1.16. The number of rotatable bonds is 3. The molecule has 22 heavy (non-hydrogen) atoms. The number of amides is 1. The van der Waals surface area contributed by atoms with E-state index in [4.69, 9.17) is 4.42 Å². The van der Waals surface area contributed by atoms with E-state index < -0.39 is 11.5 Å². The van der Waals surface area contributed by atoms with Crippen molar-refractivity contribution in [3.63, 3.8) is 0 Å². The van der Waals surface area contributed by atoms with E-state index in [1.54, 1.807) is 12.1 Å². The van der Waals surface area contributed by atoms with Crippen LogP contribution < -0.4 is 5.32 Å². The van der Waals surface area contributed by atoms with Crippen molar-refractivity contribution in [2.24, 2.45) is 0 Å². The van der Waals surface area contributed by atoms with E-state index in [1.807, 2.05) is 12.1 Å². The van der Waals surface area contributed by atoms with Crippen molar-refractivity contribution in [3.05, 3.63) is 36.1 Å². The number of hydrogen-bond acceptors (Lipinski definition) is 3. The van der Waals surface area contributed by atoms with Crippen LogP contribution >= 0.6 is 0 Å². The van der Waals surface area contributed by atoms with Gasteiger partial charge in [0.1, 0.15) is 17.4 Å². The third kappa shape index (κ3) is 2.58. The molecule has 1 aliphatic rings. The average Bonchev–Trinajstić information content (AvgIpc) is 2.80. The minimum Gasteiger partial charge on any atom is -0.480 e. The Morgan fingerprint density at radius 2 is 1.77 bits per heavy atom. The van der Waals surface area contributed by atoms with E-state index in [2.05, 4.69) is 5.32 Å². The van der Waals surface area contributed by atoms with Crippen molar-refractivity contribution >= 4 is 22.8 Å². The predicted octanol–water partition coefficient (Wildman–Crippen LogP) is 3.34. The lowest BCUT2D eigenvalue weighted by molar-refractivity contribution is -0.145. The maximum absolute atomic E-state index is 12.6. The zero-order chi connectivity index (χ0) is 15.6. The average molecular weight is 301 g/mol. The van der Waals surface area contributed by atoms with Gasteiger partial charge in [-0.3, -0.25) is 4.79 Å². The summed E-state index contributed by atoms with van der Waals surface area (Å²) >= 11 is 0. The molecule has 1 heterocycles. The Hall–Kier alpha value is -2.30. The van der Waals surface area contributed by atoms with Gasteiger partial charge in [-0.15, -0.1) is 0 Å².